The van der Waals surface area contributed by atoms with Crippen molar-refractivity contribution in [3.05, 3.63) is 0 Å². The lowest BCUT2D eigenvalue weighted by Gasteiger charge is -2.18. The Morgan fingerprint density at radius 2 is 0.731 bits per heavy atom. The van der Waals surface area contributed by atoms with Crippen molar-refractivity contribution in [2.75, 3.05) is 0 Å². The third-order valence-electron chi connectivity index (χ3n) is 5.30. The molecule has 0 bridgehead atoms. The SMILES string of the molecule is CCCCCCCCCCCCCC(O)NC(O)CCCCCCCC. The van der Waals surface area contributed by atoms with Crippen molar-refractivity contribution in [3.63, 3.8) is 0 Å². The first kappa shape index (κ1) is 25.9. The molecule has 0 heterocycles. The van der Waals surface area contributed by atoms with Crippen LogP contribution in [0.1, 0.15) is 136 Å². The van der Waals surface area contributed by atoms with Crippen LogP contribution >= 0.6 is 0 Å². The van der Waals surface area contributed by atoms with E-state index in [9.17, 15) is 10.2 Å². The van der Waals surface area contributed by atoms with Crippen LogP contribution in [0.5, 0.6) is 0 Å². The standard InChI is InChI=1S/C23H49NO2/c1-3-5-7-9-11-12-13-14-15-17-19-21-23(26)24-22(25)20-18-16-10-8-6-4-2/h22-26H,3-21H2,1-2H3. The molecule has 3 N–H and O–H groups in total. The first-order valence-corrected chi connectivity index (χ1v) is 11.8. The van der Waals surface area contributed by atoms with Crippen molar-refractivity contribution in [3.8, 4) is 0 Å². The van der Waals surface area contributed by atoms with E-state index in [1.54, 1.807) is 0 Å². The summed E-state index contributed by atoms with van der Waals surface area (Å²) in [6.07, 6.45) is 22.4. The summed E-state index contributed by atoms with van der Waals surface area (Å²) in [5.41, 5.74) is 0. The van der Waals surface area contributed by atoms with Gasteiger partial charge in [0.1, 0.15) is 12.5 Å². The first-order valence-electron chi connectivity index (χ1n) is 11.8. The average molecular weight is 372 g/mol. The molecule has 0 aromatic rings. The van der Waals surface area contributed by atoms with E-state index in [0.29, 0.717) is 0 Å². The summed E-state index contributed by atoms with van der Waals surface area (Å²) in [5.74, 6) is 0. The lowest BCUT2D eigenvalue weighted by atomic mass is 10.0. The largest absolute Gasteiger partial charge is 0.379 e. The lowest BCUT2D eigenvalue weighted by molar-refractivity contribution is 0.0310. The fourth-order valence-electron chi connectivity index (χ4n) is 3.51. The topological polar surface area (TPSA) is 52.5 Å². The van der Waals surface area contributed by atoms with E-state index in [4.69, 9.17) is 0 Å². The molecule has 0 amide bonds. The predicted molar refractivity (Wildman–Crippen MR) is 114 cm³/mol. The quantitative estimate of drug-likeness (QED) is 0.156. The average Bonchev–Trinajstić information content (AvgIpc) is 2.62. The van der Waals surface area contributed by atoms with Crippen molar-refractivity contribution in [2.45, 2.75) is 148 Å². The normalized spacial score (nSPS) is 13.8. The third-order valence-corrected chi connectivity index (χ3v) is 5.30. The molecule has 158 valence electrons. The number of aliphatic hydroxyl groups excluding tert-OH is 2. The van der Waals surface area contributed by atoms with Gasteiger partial charge in [0.2, 0.25) is 0 Å². The van der Waals surface area contributed by atoms with Gasteiger partial charge >= 0.3 is 0 Å². The minimum Gasteiger partial charge on any atom is -0.379 e. The molecule has 2 unspecified atom stereocenters. The zero-order valence-corrected chi connectivity index (χ0v) is 18.0. The molecule has 26 heavy (non-hydrogen) atoms. The van der Waals surface area contributed by atoms with Gasteiger partial charge in [0.15, 0.2) is 0 Å². The summed E-state index contributed by atoms with van der Waals surface area (Å²) in [5, 5.41) is 22.8. The molecule has 0 aromatic heterocycles. The highest BCUT2D eigenvalue weighted by atomic mass is 16.3. The van der Waals surface area contributed by atoms with Crippen molar-refractivity contribution in [1.29, 1.82) is 0 Å². The van der Waals surface area contributed by atoms with Crippen molar-refractivity contribution < 1.29 is 10.2 Å². The van der Waals surface area contributed by atoms with Gasteiger partial charge in [-0.25, -0.2) is 0 Å². The summed E-state index contributed by atoms with van der Waals surface area (Å²) < 4.78 is 0. The second-order valence-electron chi connectivity index (χ2n) is 8.08. The van der Waals surface area contributed by atoms with Gasteiger partial charge in [-0.3, -0.25) is 5.32 Å². The Labute approximate surface area is 164 Å². The Morgan fingerprint density at radius 1 is 0.462 bits per heavy atom. The van der Waals surface area contributed by atoms with E-state index >= 15 is 0 Å². The number of rotatable bonds is 21. The van der Waals surface area contributed by atoms with Gasteiger partial charge in [-0.05, 0) is 25.7 Å². The Bertz CT molecular complexity index is 261. The van der Waals surface area contributed by atoms with Crippen LogP contribution in [0.25, 0.3) is 0 Å². The number of aliphatic hydroxyl groups is 2. The van der Waals surface area contributed by atoms with Gasteiger partial charge in [-0.15, -0.1) is 0 Å². The van der Waals surface area contributed by atoms with Gasteiger partial charge in [0, 0.05) is 0 Å². The number of unbranched alkanes of at least 4 members (excludes halogenated alkanes) is 15. The van der Waals surface area contributed by atoms with Crippen LogP contribution in [0.2, 0.25) is 0 Å². The molecule has 0 aliphatic heterocycles. The zero-order chi connectivity index (χ0) is 19.3. The maximum absolute atomic E-state index is 9.96. The van der Waals surface area contributed by atoms with Gasteiger partial charge in [0.05, 0.1) is 0 Å². The molecule has 0 saturated carbocycles. The molecule has 0 radical (unpaired) electrons. The molecule has 0 aliphatic carbocycles. The van der Waals surface area contributed by atoms with Gasteiger partial charge in [-0.1, -0.05) is 110 Å². The summed E-state index contributed by atoms with van der Waals surface area (Å²) in [4.78, 5) is 0. The van der Waals surface area contributed by atoms with E-state index in [1.807, 2.05) is 0 Å². The third kappa shape index (κ3) is 20.2. The molecule has 0 rings (SSSR count). The van der Waals surface area contributed by atoms with Crippen LogP contribution in [0.4, 0.5) is 0 Å². The molecular formula is C23H49NO2. The highest BCUT2D eigenvalue weighted by Crippen LogP contribution is 2.13. The summed E-state index contributed by atoms with van der Waals surface area (Å²) in [6.45, 7) is 4.49. The minimum absolute atomic E-state index is 0.552. The van der Waals surface area contributed by atoms with Gasteiger partial charge in [0.25, 0.3) is 0 Å². The predicted octanol–water partition coefficient (Wildman–Crippen LogP) is 6.66. The second kappa shape index (κ2) is 21.2. The summed E-state index contributed by atoms with van der Waals surface area (Å²) >= 11 is 0. The molecule has 2 atom stereocenters. The molecule has 0 saturated heterocycles. The Hall–Kier alpha value is -0.120. The second-order valence-corrected chi connectivity index (χ2v) is 8.08. The minimum atomic E-state index is -0.552. The van der Waals surface area contributed by atoms with E-state index in [1.165, 1.54) is 96.3 Å². The van der Waals surface area contributed by atoms with E-state index < -0.39 is 12.5 Å². The fourth-order valence-corrected chi connectivity index (χ4v) is 3.51. The molecule has 3 heteroatoms. The van der Waals surface area contributed by atoms with Crippen molar-refractivity contribution in [1.82, 2.24) is 5.32 Å². The van der Waals surface area contributed by atoms with Crippen LogP contribution in [0.15, 0.2) is 0 Å². The monoisotopic (exact) mass is 371 g/mol. The molecular weight excluding hydrogens is 322 g/mol. The fraction of sp³-hybridized carbons (Fsp3) is 1.00. The van der Waals surface area contributed by atoms with Crippen molar-refractivity contribution >= 4 is 0 Å². The smallest absolute Gasteiger partial charge is 0.106 e. The number of hydrogen-bond acceptors (Lipinski definition) is 3. The van der Waals surface area contributed by atoms with Crippen LogP contribution in [0, 0.1) is 0 Å². The summed E-state index contributed by atoms with van der Waals surface area (Å²) in [7, 11) is 0. The Balaban J connectivity index is 3.28. The molecule has 0 fully saturated rings. The maximum Gasteiger partial charge on any atom is 0.106 e. The molecule has 0 aromatic carbocycles. The van der Waals surface area contributed by atoms with Crippen LogP contribution in [-0.4, -0.2) is 22.7 Å². The number of hydrogen-bond donors (Lipinski definition) is 3. The molecule has 3 nitrogen and oxygen atoms in total. The summed E-state index contributed by atoms with van der Waals surface area (Å²) in [6, 6.07) is 0. The first-order chi connectivity index (χ1) is 12.7. The lowest BCUT2D eigenvalue weighted by Crippen LogP contribution is -2.38. The van der Waals surface area contributed by atoms with Crippen LogP contribution < -0.4 is 5.32 Å². The molecule has 0 aliphatic rings. The molecule has 0 spiro atoms. The van der Waals surface area contributed by atoms with E-state index in [2.05, 4.69) is 19.2 Å². The highest BCUT2D eigenvalue weighted by Gasteiger charge is 2.09. The van der Waals surface area contributed by atoms with Gasteiger partial charge in [-0.2, -0.15) is 0 Å². The van der Waals surface area contributed by atoms with E-state index in [0.717, 1.165) is 25.7 Å². The maximum atomic E-state index is 9.96. The zero-order valence-electron chi connectivity index (χ0n) is 18.0. The van der Waals surface area contributed by atoms with E-state index in [-0.39, 0.29) is 0 Å². The Kier molecular flexibility index (Phi) is 21.1. The van der Waals surface area contributed by atoms with Gasteiger partial charge < -0.3 is 10.2 Å². The highest BCUT2D eigenvalue weighted by molar-refractivity contribution is 4.59. The Morgan fingerprint density at radius 3 is 1.04 bits per heavy atom. The van der Waals surface area contributed by atoms with Crippen molar-refractivity contribution in [2.24, 2.45) is 0 Å². The van der Waals surface area contributed by atoms with Crippen LogP contribution in [-0.2, 0) is 0 Å². The van der Waals surface area contributed by atoms with Crippen LogP contribution in [0.3, 0.4) is 0 Å². The number of nitrogens with one attached hydrogen (secondary N) is 1.